The van der Waals surface area contributed by atoms with E-state index >= 15 is 0 Å². The van der Waals surface area contributed by atoms with Crippen LogP contribution in [0.15, 0.2) is 18.2 Å². The maximum Gasteiger partial charge on any atom is 0.0331 e. The topological polar surface area (TPSA) is 3.24 Å². The van der Waals surface area contributed by atoms with Gasteiger partial charge >= 0.3 is 0 Å². The first-order chi connectivity index (χ1) is 6.66. The van der Waals surface area contributed by atoms with E-state index in [-0.39, 0.29) is 0 Å². The van der Waals surface area contributed by atoms with E-state index < -0.39 is 0 Å². The van der Waals surface area contributed by atoms with Crippen LogP contribution >= 0.6 is 22.6 Å². The molecule has 1 aliphatic rings. The zero-order chi connectivity index (χ0) is 10.1. The van der Waals surface area contributed by atoms with E-state index in [1.165, 1.54) is 24.1 Å². The molecule has 76 valence electrons. The lowest BCUT2D eigenvalue weighted by atomic mass is 9.97. The van der Waals surface area contributed by atoms with Crippen LogP contribution in [0.25, 0.3) is 0 Å². The molecule has 0 aliphatic carbocycles. The van der Waals surface area contributed by atoms with Gasteiger partial charge in [-0.25, -0.2) is 0 Å². The van der Waals surface area contributed by atoms with Gasteiger partial charge in [0.1, 0.15) is 0 Å². The third-order valence-electron chi connectivity index (χ3n) is 2.89. The van der Waals surface area contributed by atoms with Gasteiger partial charge in [0.2, 0.25) is 0 Å². The molecule has 0 bridgehead atoms. The zero-order valence-corrected chi connectivity index (χ0v) is 10.9. The maximum atomic E-state index is 2.48. The van der Waals surface area contributed by atoms with Crippen molar-refractivity contribution in [2.24, 2.45) is 0 Å². The highest BCUT2D eigenvalue weighted by Crippen LogP contribution is 2.26. The zero-order valence-electron chi connectivity index (χ0n) is 8.76. The van der Waals surface area contributed by atoms with Crippen molar-refractivity contribution in [3.63, 3.8) is 0 Å². The van der Waals surface area contributed by atoms with Gasteiger partial charge < -0.3 is 4.90 Å². The molecule has 14 heavy (non-hydrogen) atoms. The summed E-state index contributed by atoms with van der Waals surface area (Å²) in [6.45, 7) is 4.56. The van der Waals surface area contributed by atoms with Crippen LogP contribution in [0.2, 0.25) is 0 Å². The van der Waals surface area contributed by atoms with E-state index in [9.17, 15) is 0 Å². The highest BCUT2D eigenvalue weighted by Gasteiger charge is 2.13. The quantitative estimate of drug-likeness (QED) is 0.569. The van der Waals surface area contributed by atoms with Crippen molar-refractivity contribution in [3.05, 3.63) is 34.9 Å². The van der Waals surface area contributed by atoms with Crippen molar-refractivity contribution in [2.45, 2.75) is 23.8 Å². The molecule has 0 saturated carbocycles. The Hall–Kier alpha value is -0.0900. The molecule has 1 heterocycles. The number of nitrogens with zero attached hydrogens (tertiary/aromatic N) is 1. The Morgan fingerprint density at radius 3 is 2.86 bits per heavy atom. The molecule has 0 amide bonds. The van der Waals surface area contributed by atoms with Crippen LogP contribution in [0.4, 0.5) is 0 Å². The second-order valence-corrected chi connectivity index (χ2v) is 6.00. The van der Waals surface area contributed by atoms with Crippen molar-refractivity contribution < 1.29 is 0 Å². The van der Waals surface area contributed by atoms with Crippen molar-refractivity contribution in [2.75, 3.05) is 13.6 Å². The lowest BCUT2D eigenvalue weighted by Crippen LogP contribution is -2.26. The van der Waals surface area contributed by atoms with E-state index in [1.807, 2.05) is 0 Å². The number of rotatable bonds is 1. The van der Waals surface area contributed by atoms with E-state index in [0.717, 1.165) is 6.54 Å². The summed E-state index contributed by atoms with van der Waals surface area (Å²) in [4.78, 5) is 2.38. The fourth-order valence-electron chi connectivity index (χ4n) is 1.96. The Labute approximate surface area is 99.6 Å². The molecule has 1 nitrogen and oxygen atoms in total. The molecule has 2 heteroatoms. The second-order valence-electron chi connectivity index (χ2n) is 4.13. The summed E-state index contributed by atoms with van der Waals surface area (Å²) in [7, 11) is 2.19. The van der Waals surface area contributed by atoms with E-state index in [0.29, 0.717) is 3.92 Å². The number of benzene rings is 1. The molecule has 1 aromatic carbocycles. The molecule has 0 N–H and O–H groups in total. The van der Waals surface area contributed by atoms with Crippen LogP contribution in [0.5, 0.6) is 0 Å². The molecular weight excluding hydrogens is 285 g/mol. The molecule has 0 aromatic heterocycles. The number of hydrogen-bond donors (Lipinski definition) is 0. The number of halogens is 1. The number of fused-ring (bicyclic) bond motifs is 1. The summed E-state index contributed by atoms with van der Waals surface area (Å²) in [5.74, 6) is 0. The summed E-state index contributed by atoms with van der Waals surface area (Å²) in [5, 5.41) is 0. The van der Waals surface area contributed by atoms with Gasteiger partial charge in [-0.2, -0.15) is 0 Å². The van der Waals surface area contributed by atoms with Crippen molar-refractivity contribution in [1.82, 2.24) is 4.90 Å². The molecule has 1 aromatic rings. The predicted octanol–water partition coefficient (Wildman–Crippen LogP) is 3.17. The molecule has 0 radical (unpaired) electrons. The average Bonchev–Trinajstić information content (AvgIpc) is 2.16. The molecule has 1 atom stereocenters. The minimum Gasteiger partial charge on any atom is -0.302 e. The third-order valence-corrected chi connectivity index (χ3v) is 3.61. The van der Waals surface area contributed by atoms with Crippen molar-refractivity contribution >= 4 is 22.6 Å². The minimum atomic E-state index is 0.623. The van der Waals surface area contributed by atoms with Crippen LogP contribution in [-0.2, 0) is 13.0 Å². The first kappa shape index (κ1) is 10.4. The van der Waals surface area contributed by atoms with E-state index in [1.54, 1.807) is 5.56 Å². The summed E-state index contributed by atoms with van der Waals surface area (Å²) in [6.07, 6.45) is 1.21. The first-order valence-corrected chi connectivity index (χ1v) is 6.35. The van der Waals surface area contributed by atoms with Gasteiger partial charge in [0.25, 0.3) is 0 Å². The first-order valence-electron chi connectivity index (χ1n) is 5.11. The SMILES string of the molecule is CC(I)c1ccc2c(c1)CCN(C)C2. The highest BCUT2D eigenvalue weighted by atomic mass is 127. The van der Waals surface area contributed by atoms with Crippen molar-refractivity contribution in [3.8, 4) is 0 Å². The Bertz CT molecular complexity index is 333. The van der Waals surface area contributed by atoms with Crippen LogP contribution in [0.1, 0.15) is 27.5 Å². The van der Waals surface area contributed by atoms with Crippen LogP contribution in [0, 0.1) is 0 Å². The molecule has 0 spiro atoms. The van der Waals surface area contributed by atoms with Crippen LogP contribution in [-0.4, -0.2) is 18.5 Å². The standard InChI is InChI=1S/C12H16IN/c1-9(13)10-3-4-12-8-14(2)6-5-11(12)7-10/h3-4,7,9H,5-6,8H2,1-2H3. The van der Waals surface area contributed by atoms with Gasteiger partial charge in [-0.05, 0) is 37.1 Å². The molecule has 1 unspecified atom stereocenters. The molecule has 1 aliphatic heterocycles. The number of alkyl halides is 1. The summed E-state index contributed by atoms with van der Waals surface area (Å²) >= 11 is 2.48. The van der Waals surface area contributed by atoms with Crippen LogP contribution < -0.4 is 0 Å². The third kappa shape index (κ3) is 2.11. The maximum absolute atomic E-state index is 2.48. The largest absolute Gasteiger partial charge is 0.302 e. The summed E-state index contributed by atoms with van der Waals surface area (Å²) in [5.41, 5.74) is 4.54. The van der Waals surface area contributed by atoms with E-state index in [2.05, 4.69) is 59.7 Å². The molecule has 0 fully saturated rings. The lowest BCUT2D eigenvalue weighted by molar-refractivity contribution is 0.313. The molecule has 2 rings (SSSR count). The van der Waals surface area contributed by atoms with Gasteiger partial charge in [-0.3, -0.25) is 0 Å². The van der Waals surface area contributed by atoms with Gasteiger partial charge in [0.15, 0.2) is 0 Å². The Morgan fingerprint density at radius 2 is 2.14 bits per heavy atom. The molecular formula is C12H16IN. The molecule has 0 saturated heterocycles. The monoisotopic (exact) mass is 301 g/mol. The Kier molecular flexibility index (Phi) is 3.12. The normalized spacial score (nSPS) is 19.1. The fraction of sp³-hybridized carbons (Fsp3) is 0.500. The minimum absolute atomic E-state index is 0.623. The Morgan fingerprint density at radius 1 is 1.36 bits per heavy atom. The van der Waals surface area contributed by atoms with Crippen molar-refractivity contribution in [1.29, 1.82) is 0 Å². The van der Waals surface area contributed by atoms with Gasteiger partial charge in [-0.1, -0.05) is 40.8 Å². The number of likely N-dealkylation sites (N-methyl/N-ethyl adjacent to an activating group) is 1. The lowest BCUT2D eigenvalue weighted by Gasteiger charge is -2.25. The summed E-state index contributed by atoms with van der Waals surface area (Å²) < 4.78 is 0.623. The van der Waals surface area contributed by atoms with E-state index in [4.69, 9.17) is 0 Å². The Balaban J connectivity index is 2.31. The predicted molar refractivity (Wildman–Crippen MR) is 68.9 cm³/mol. The second kappa shape index (κ2) is 4.19. The van der Waals surface area contributed by atoms with Gasteiger partial charge in [0, 0.05) is 17.0 Å². The fourth-order valence-corrected chi connectivity index (χ4v) is 2.35. The highest BCUT2D eigenvalue weighted by molar-refractivity contribution is 14.1. The van der Waals surface area contributed by atoms with Crippen LogP contribution in [0.3, 0.4) is 0 Å². The number of hydrogen-bond acceptors (Lipinski definition) is 1. The average molecular weight is 301 g/mol. The summed E-state index contributed by atoms with van der Waals surface area (Å²) in [6, 6.07) is 6.96. The van der Waals surface area contributed by atoms with Gasteiger partial charge in [0.05, 0.1) is 0 Å². The van der Waals surface area contributed by atoms with Gasteiger partial charge in [-0.15, -0.1) is 0 Å². The smallest absolute Gasteiger partial charge is 0.0331 e.